The zero-order valence-corrected chi connectivity index (χ0v) is 6.08. The zero-order chi connectivity index (χ0) is 7.94. The Morgan fingerprint density at radius 2 is 2.55 bits per heavy atom. The third-order valence-electron chi connectivity index (χ3n) is 1.35. The first-order valence-electron chi connectivity index (χ1n) is 3.42. The number of isocyanates is 1. The number of rotatable bonds is 3. The van der Waals surface area contributed by atoms with E-state index >= 15 is 0 Å². The van der Waals surface area contributed by atoms with E-state index in [4.69, 9.17) is 0 Å². The average Bonchev–Trinajstić information content (AvgIpc) is 2.07. The monoisotopic (exact) mass is 146 g/mol. The summed E-state index contributed by atoms with van der Waals surface area (Å²) in [4.78, 5) is 13.1. The first-order chi connectivity index (χ1) is 5.43. The summed E-state index contributed by atoms with van der Waals surface area (Å²) < 4.78 is 0. The van der Waals surface area contributed by atoms with Crippen LogP contribution in [-0.2, 0) is 11.2 Å². The molecule has 11 heavy (non-hydrogen) atoms. The molecule has 55 valence electrons. The molecule has 0 heterocycles. The van der Waals surface area contributed by atoms with Crippen molar-refractivity contribution in [1.29, 1.82) is 0 Å². The molecule has 1 aromatic rings. The fraction of sp³-hybridized carbons (Fsp3) is 0.222. The van der Waals surface area contributed by atoms with Crippen molar-refractivity contribution in [2.75, 3.05) is 6.54 Å². The Labute approximate surface area is 65.6 Å². The van der Waals surface area contributed by atoms with E-state index in [1.807, 2.05) is 24.3 Å². The first-order valence-corrected chi connectivity index (χ1v) is 3.42. The number of carbonyl (C=O) groups excluding carboxylic acids is 1. The predicted molar refractivity (Wildman–Crippen MR) is 42.0 cm³/mol. The lowest BCUT2D eigenvalue weighted by Gasteiger charge is -1.93. The molecule has 1 aromatic carbocycles. The molecule has 0 aromatic heterocycles. The largest absolute Gasteiger partial charge is 0.234 e. The van der Waals surface area contributed by atoms with Crippen LogP contribution in [0.3, 0.4) is 0 Å². The van der Waals surface area contributed by atoms with Gasteiger partial charge in [0.05, 0.1) is 6.54 Å². The molecule has 0 N–H and O–H groups in total. The summed E-state index contributed by atoms with van der Waals surface area (Å²) in [6.07, 6.45) is 2.29. The van der Waals surface area contributed by atoms with Crippen LogP contribution in [0.15, 0.2) is 29.3 Å². The minimum absolute atomic E-state index is 0.515. The Morgan fingerprint density at radius 1 is 1.64 bits per heavy atom. The van der Waals surface area contributed by atoms with E-state index in [1.54, 1.807) is 0 Å². The molecule has 2 heteroatoms. The molecule has 0 saturated carbocycles. The second kappa shape index (κ2) is 4.42. The van der Waals surface area contributed by atoms with Gasteiger partial charge < -0.3 is 0 Å². The molecular weight excluding hydrogens is 138 g/mol. The number of hydrogen-bond donors (Lipinski definition) is 0. The Morgan fingerprint density at radius 3 is 3.18 bits per heavy atom. The van der Waals surface area contributed by atoms with E-state index in [9.17, 15) is 4.79 Å². The molecule has 0 aliphatic heterocycles. The van der Waals surface area contributed by atoms with Crippen molar-refractivity contribution in [1.82, 2.24) is 0 Å². The zero-order valence-electron chi connectivity index (χ0n) is 6.08. The molecule has 0 atom stereocenters. The normalized spacial score (nSPS) is 8.73. The average molecular weight is 146 g/mol. The maximum atomic E-state index is 9.70. The molecule has 0 spiro atoms. The van der Waals surface area contributed by atoms with Crippen LogP contribution in [0.25, 0.3) is 0 Å². The molecule has 0 aliphatic carbocycles. The maximum Gasteiger partial charge on any atom is 0.234 e. The summed E-state index contributed by atoms with van der Waals surface area (Å²) in [5.41, 5.74) is 1.14. The van der Waals surface area contributed by atoms with E-state index in [2.05, 4.69) is 11.1 Å². The van der Waals surface area contributed by atoms with Crippen molar-refractivity contribution in [2.24, 2.45) is 4.99 Å². The number of benzene rings is 1. The lowest BCUT2D eigenvalue weighted by atomic mass is 10.2. The van der Waals surface area contributed by atoms with Crippen molar-refractivity contribution in [3.8, 4) is 0 Å². The minimum atomic E-state index is 0.515. The second-order valence-electron chi connectivity index (χ2n) is 2.13. The molecule has 0 saturated heterocycles. The predicted octanol–water partition coefficient (Wildman–Crippen LogP) is 1.37. The van der Waals surface area contributed by atoms with Gasteiger partial charge in [-0.15, -0.1) is 0 Å². The Bertz CT molecular complexity index is 250. The highest BCUT2D eigenvalue weighted by Crippen LogP contribution is 1.97. The van der Waals surface area contributed by atoms with Gasteiger partial charge in [0.25, 0.3) is 0 Å². The van der Waals surface area contributed by atoms with Crippen LogP contribution < -0.4 is 0 Å². The van der Waals surface area contributed by atoms with Gasteiger partial charge in [-0.1, -0.05) is 24.3 Å². The van der Waals surface area contributed by atoms with Crippen LogP contribution in [0.5, 0.6) is 0 Å². The molecule has 1 radical (unpaired) electrons. The van der Waals surface area contributed by atoms with Gasteiger partial charge >= 0.3 is 0 Å². The van der Waals surface area contributed by atoms with Gasteiger partial charge in [0.2, 0.25) is 6.08 Å². The van der Waals surface area contributed by atoms with Crippen LogP contribution >= 0.6 is 0 Å². The van der Waals surface area contributed by atoms with Crippen LogP contribution in [0.4, 0.5) is 0 Å². The van der Waals surface area contributed by atoms with Gasteiger partial charge in [0.15, 0.2) is 0 Å². The highest BCUT2D eigenvalue weighted by Gasteiger charge is 1.87. The lowest BCUT2D eigenvalue weighted by molar-refractivity contribution is 0.563. The summed E-state index contributed by atoms with van der Waals surface area (Å²) >= 11 is 0. The van der Waals surface area contributed by atoms with E-state index in [0.29, 0.717) is 6.54 Å². The smallest absolute Gasteiger partial charge is 0.211 e. The molecule has 2 nitrogen and oxygen atoms in total. The first kappa shape index (κ1) is 7.70. The third kappa shape index (κ3) is 2.78. The number of aliphatic imine (C=N–C) groups is 1. The standard InChI is InChI=1S/C9H8NO/c11-8-10-7-6-9-4-2-1-3-5-9/h1-2,4-5H,6-7H2. The Kier molecular flexibility index (Phi) is 3.10. The highest BCUT2D eigenvalue weighted by atomic mass is 16.1. The topological polar surface area (TPSA) is 29.4 Å². The SMILES string of the molecule is O=C=NCCc1c[c]ccc1. The van der Waals surface area contributed by atoms with Crippen LogP contribution in [-0.4, -0.2) is 12.6 Å². The quantitative estimate of drug-likeness (QED) is 0.467. The molecule has 0 fully saturated rings. The van der Waals surface area contributed by atoms with Crippen LogP contribution in [0.2, 0.25) is 0 Å². The van der Waals surface area contributed by atoms with E-state index in [0.717, 1.165) is 12.0 Å². The Hall–Kier alpha value is -1.40. The Balaban J connectivity index is 2.45. The van der Waals surface area contributed by atoms with E-state index < -0.39 is 0 Å². The second-order valence-corrected chi connectivity index (χ2v) is 2.13. The van der Waals surface area contributed by atoms with Crippen LogP contribution in [0, 0.1) is 6.07 Å². The summed E-state index contributed by atoms with van der Waals surface area (Å²) in [6, 6.07) is 10.6. The summed E-state index contributed by atoms with van der Waals surface area (Å²) in [7, 11) is 0. The number of nitrogens with zero attached hydrogens (tertiary/aromatic N) is 1. The lowest BCUT2D eigenvalue weighted by Crippen LogP contribution is -1.87. The summed E-state index contributed by atoms with van der Waals surface area (Å²) in [5.74, 6) is 0. The molecule has 0 bridgehead atoms. The minimum Gasteiger partial charge on any atom is -0.211 e. The van der Waals surface area contributed by atoms with Gasteiger partial charge in [-0.25, -0.2) is 9.79 Å². The van der Waals surface area contributed by atoms with Crippen molar-refractivity contribution >= 4 is 6.08 Å². The highest BCUT2D eigenvalue weighted by molar-refractivity contribution is 5.33. The number of hydrogen-bond acceptors (Lipinski definition) is 2. The fourth-order valence-electron chi connectivity index (χ4n) is 0.817. The molecule has 0 aliphatic rings. The van der Waals surface area contributed by atoms with Crippen molar-refractivity contribution in [3.63, 3.8) is 0 Å². The molecule has 1 rings (SSSR count). The maximum absolute atomic E-state index is 9.70. The van der Waals surface area contributed by atoms with Gasteiger partial charge in [-0.05, 0) is 18.1 Å². The summed E-state index contributed by atoms with van der Waals surface area (Å²) in [6.45, 7) is 0.515. The van der Waals surface area contributed by atoms with Crippen molar-refractivity contribution < 1.29 is 4.79 Å². The molecule has 0 unspecified atom stereocenters. The fourth-order valence-corrected chi connectivity index (χ4v) is 0.817. The third-order valence-corrected chi connectivity index (χ3v) is 1.35. The van der Waals surface area contributed by atoms with Gasteiger partial charge in [0.1, 0.15) is 0 Å². The van der Waals surface area contributed by atoms with Gasteiger partial charge in [0, 0.05) is 0 Å². The van der Waals surface area contributed by atoms with Crippen LogP contribution in [0.1, 0.15) is 5.56 Å². The van der Waals surface area contributed by atoms with Crippen molar-refractivity contribution in [2.45, 2.75) is 6.42 Å². The van der Waals surface area contributed by atoms with Gasteiger partial charge in [-0.2, -0.15) is 0 Å². The molecular formula is C9H8NO. The molecule has 0 amide bonds. The van der Waals surface area contributed by atoms with Crippen molar-refractivity contribution in [3.05, 3.63) is 35.9 Å². The van der Waals surface area contributed by atoms with E-state index in [-0.39, 0.29) is 0 Å². The van der Waals surface area contributed by atoms with E-state index in [1.165, 1.54) is 6.08 Å². The summed E-state index contributed by atoms with van der Waals surface area (Å²) in [5, 5.41) is 0. The van der Waals surface area contributed by atoms with Gasteiger partial charge in [-0.3, -0.25) is 0 Å².